The molecule has 0 aliphatic carbocycles. The molecular formula is C19H21Cl2N3O. The highest BCUT2D eigenvalue weighted by molar-refractivity contribution is 6.30. The summed E-state index contributed by atoms with van der Waals surface area (Å²) < 4.78 is 0. The van der Waals surface area contributed by atoms with Gasteiger partial charge in [-0.1, -0.05) is 35.3 Å². The highest BCUT2D eigenvalue weighted by atomic mass is 35.5. The molecule has 0 saturated carbocycles. The number of halogens is 2. The maximum atomic E-state index is 12.3. The second kappa shape index (κ2) is 8.56. The topological polar surface area (TPSA) is 35.6 Å². The van der Waals surface area contributed by atoms with E-state index < -0.39 is 0 Å². The highest BCUT2D eigenvalue weighted by Gasteiger charge is 2.20. The molecule has 25 heavy (non-hydrogen) atoms. The van der Waals surface area contributed by atoms with Crippen molar-refractivity contribution in [1.82, 2.24) is 9.80 Å². The SMILES string of the molecule is O=C(Nc1ccc(Cl)cc1)N1CCN(CCc2ccc(Cl)cc2)CC1. The van der Waals surface area contributed by atoms with Crippen LogP contribution >= 0.6 is 23.2 Å². The first-order valence-corrected chi connectivity index (χ1v) is 9.14. The first-order chi connectivity index (χ1) is 12.1. The zero-order chi connectivity index (χ0) is 17.6. The summed E-state index contributed by atoms with van der Waals surface area (Å²) in [6, 6.07) is 15.1. The van der Waals surface area contributed by atoms with Gasteiger partial charge in [0.2, 0.25) is 0 Å². The lowest BCUT2D eigenvalue weighted by atomic mass is 10.1. The summed E-state index contributed by atoms with van der Waals surface area (Å²) in [5.41, 5.74) is 2.05. The lowest BCUT2D eigenvalue weighted by molar-refractivity contribution is 0.148. The van der Waals surface area contributed by atoms with Crippen molar-refractivity contribution in [2.24, 2.45) is 0 Å². The molecule has 0 bridgehead atoms. The number of amides is 2. The number of carbonyl (C=O) groups is 1. The average Bonchev–Trinajstić information content (AvgIpc) is 2.63. The first-order valence-electron chi connectivity index (χ1n) is 8.38. The smallest absolute Gasteiger partial charge is 0.321 e. The van der Waals surface area contributed by atoms with Gasteiger partial charge < -0.3 is 10.2 Å². The molecule has 2 aromatic rings. The lowest BCUT2D eigenvalue weighted by Crippen LogP contribution is -2.50. The molecule has 0 aromatic heterocycles. The molecule has 0 unspecified atom stereocenters. The molecule has 2 aromatic carbocycles. The Bertz CT molecular complexity index is 696. The van der Waals surface area contributed by atoms with Crippen LogP contribution in [0.2, 0.25) is 10.0 Å². The molecule has 0 spiro atoms. The average molecular weight is 378 g/mol. The van der Waals surface area contributed by atoms with Crippen molar-refractivity contribution in [3.05, 3.63) is 64.1 Å². The molecule has 132 valence electrons. The Morgan fingerprint density at radius 2 is 1.44 bits per heavy atom. The third-order valence-corrected chi connectivity index (χ3v) is 4.89. The predicted octanol–water partition coefficient (Wildman–Crippen LogP) is 4.39. The maximum Gasteiger partial charge on any atom is 0.321 e. The van der Waals surface area contributed by atoms with Crippen LogP contribution in [0, 0.1) is 0 Å². The Kier molecular flexibility index (Phi) is 6.19. The summed E-state index contributed by atoms with van der Waals surface area (Å²) in [7, 11) is 0. The molecule has 4 nitrogen and oxygen atoms in total. The van der Waals surface area contributed by atoms with E-state index in [4.69, 9.17) is 23.2 Å². The first kappa shape index (κ1) is 18.1. The van der Waals surface area contributed by atoms with E-state index in [-0.39, 0.29) is 6.03 Å². The van der Waals surface area contributed by atoms with Crippen LogP contribution < -0.4 is 5.32 Å². The maximum absolute atomic E-state index is 12.3. The third kappa shape index (κ3) is 5.36. The van der Waals surface area contributed by atoms with Crippen LogP contribution in [0.15, 0.2) is 48.5 Å². The quantitative estimate of drug-likeness (QED) is 0.857. The second-order valence-corrected chi connectivity index (χ2v) is 7.02. The van der Waals surface area contributed by atoms with Gasteiger partial charge in [0.1, 0.15) is 0 Å². The molecule has 1 N–H and O–H groups in total. The fourth-order valence-corrected chi connectivity index (χ4v) is 3.10. The zero-order valence-electron chi connectivity index (χ0n) is 13.9. The molecule has 1 fully saturated rings. The van der Waals surface area contributed by atoms with Gasteiger partial charge >= 0.3 is 6.03 Å². The van der Waals surface area contributed by atoms with E-state index in [1.54, 1.807) is 12.1 Å². The molecule has 0 radical (unpaired) electrons. The van der Waals surface area contributed by atoms with Gasteiger partial charge in [-0.15, -0.1) is 0 Å². The molecule has 1 aliphatic heterocycles. The Labute approximate surface area is 158 Å². The van der Waals surface area contributed by atoms with Crippen LogP contribution in [0.3, 0.4) is 0 Å². The van der Waals surface area contributed by atoms with Gasteiger partial charge in [-0.2, -0.15) is 0 Å². The van der Waals surface area contributed by atoms with Crippen molar-refractivity contribution >= 4 is 34.9 Å². The van der Waals surface area contributed by atoms with Crippen molar-refractivity contribution in [3.63, 3.8) is 0 Å². The van der Waals surface area contributed by atoms with Crippen molar-refractivity contribution in [3.8, 4) is 0 Å². The number of anilines is 1. The molecular weight excluding hydrogens is 357 g/mol. The monoisotopic (exact) mass is 377 g/mol. The van der Waals surface area contributed by atoms with Gasteiger partial charge in [0.15, 0.2) is 0 Å². The van der Waals surface area contributed by atoms with Crippen molar-refractivity contribution in [2.75, 3.05) is 38.0 Å². The normalized spacial score (nSPS) is 15.2. The summed E-state index contributed by atoms with van der Waals surface area (Å²) in [6.07, 6.45) is 0.994. The number of urea groups is 1. The molecule has 1 heterocycles. The van der Waals surface area contributed by atoms with Gasteiger partial charge in [-0.05, 0) is 48.4 Å². The minimum absolute atomic E-state index is 0.0559. The molecule has 2 amide bonds. The number of nitrogens with one attached hydrogen (secondary N) is 1. The summed E-state index contributed by atoms with van der Waals surface area (Å²) >= 11 is 11.8. The van der Waals surface area contributed by atoms with Gasteiger partial charge in [0.25, 0.3) is 0 Å². The summed E-state index contributed by atoms with van der Waals surface area (Å²) in [4.78, 5) is 16.6. The number of carbonyl (C=O) groups excluding carboxylic acids is 1. The summed E-state index contributed by atoms with van der Waals surface area (Å²) in [5, 5.41) is 4.34. The van der Waals surface area contributed by atoms with Gasteiger partial charge in [0.05, 0.1) is 0 Å². The number of hydrogen-bond donors (Lipinski definition) is 1. The molecule has 1 aliphatic rings. The van der Waals surface area contributed by atoms with Crippen molar-refractivity contribution < 1.29 is 4.79 Å². The van der Waals surface area contributed by atoms with Crippen LogP contribution in [-0.2, 0) is 6.42 Å². The number of piperazine rings is 1. The van der Waals surface area contributed by atoms with E-state index in [9.17, 15) is 4.79 Å². The van der Waals surface area contributed by atoms with Gasteiger partial charge in [0, 0.05) is 48.5 Å². The number of rotatable bonds is 4. The van der Waals surface area contributed by atoms with E-state index >= 15 is 0 Å². The Balaban J connectivity index is 1.42. The van der Waals surface area contributed by atoms with Crippen molar-refractivity contribution in [2.45, 2.75) is 6.42 Å². The summed E-state index contributed by atoms with van der Waals surface area (Å²) in [5.74, 6) is 0. The van der Waals surface area contributed by atoms with Crippen LogP contribution in [-0.4, -0.2) is 48.6 Å². The number of nitrogens with zero attached hydrogens (tertiary/aromatic N) is 2. The fourth-order valence-electron chi connectivity index (χ4n) is 2.85. The Morgan fingerprint density at radius 1 is 0.880 bits per heavy atom. The van der Waals surface area contributed by atoms with Gasteiger partial charge in [-0.25, -0.2) is 4.79 Å². The molecule has 0 atom stereocenters. The highest BCUT2D eigenvalue weighted by Crippen LogP contribution is 2.15. The Hall–Kier alpha value is -1.75. The lowest BCUT2D eigenvalue weighted by Gasteiger charge is -2.34. The van der Waals surface area contributed by atoms with Crippen molar-refractivity contribution in [1.29, 1.82) is 0 Å². The minimum atomic E-state index is -0.0559. The molecule has 3 rings (SSSR count). The summed E-state index contributed by atoms with van der Waals surface area (Å²) in [6.45, 7) is 4.25. The number of benzene rings is 2. The molecule has 1 saturated heterocycles. The minimum Gasteiger partial charge on any atom is -0.322 e. The Morgan fingerprint density at radius 3 is 2.04 bits per heavy atom. The molecule has 6 heteroatoms. The second-order valence-electron chi connectivity index (χ2n) is 6.14. The van der Waals surface area contributed by atoms with Crippen LogP contribution in [0.1, 0.15) is 5.56 Å². The fraction of sp³-hybridized carbons (Fsp3) is 0.316. The van der Waals surface area contributed by atoms with E-state index in [0.29, 0.717) is 5.02 Å². The van der Waals surface area contributed by atoms with Crippen LogP contribution in [0.4, 0.5) is 10.5 Å². The number of hydrogen-bond acceptors (Lipinski definition) is 2. The van der Waals surface area contributed by atoms with E-state index in [1.165, 1.54) is 5.56 Å². The third-order valence-electron chi connectivity index (χ3n) is 4.38. The largest absolute Gasteiger partial charge is 0.322 e. The van der Waals surface area contributed by atoms with E-state index in [0.717, 1.165) is 49.9 Å². The van der Waals surface area contributed by atoms with Crippen LogP contribution in [0.5, 0.6) is 0 Å². The van der Waals surface area contributed by atoms with Crippen LogP contribution in [0.25, 0.3) is 0 Å². The van der Waals surface area contributed by atoms with E-state index in [2.05, 4.69) is 22.3 Å². The zero-order valence-corrected chi connectivity index (χ0v) is 15.4. The van der Waals surface area contributed by atoms with E-state index in [1.807, 2.05) is 29.2 Å². The standard InChI is InChI=1S/C19H21Cl2N3O/c20-16-3-1-15(2-4-16)9-10-23-11-13-24(14-12-23)19(25)22-18-7-5-17(21)6-8-18/h1-8H,9-14H2,(H,22,25). The predicted molar refractivity (Wildman–Crippen MR) is 104 cm³/mol. The van der Waals surface area contributed by atoms with Gasteiger partial charge in [-0.3, -0.25) is 4.90 Å².